The van der Waals surface area contributed by atoms with Gasteiger partial charge in [0.2, 0.25) is 0 Å². The number of rotatable bonds is 6. The van der Waals surface area contributed by atoms with E-state index in [0.717, 1.165) is 11.1 Å². The van der Waals surface area contributed by atoms with Gasteiger partial charge in [-0.15, -0.1) is 0 Å². The van der Waals surface area contributed by atoms with Gasteiger partial charge in [0.15, 0.2) is 5.76 Å². The molecule has 0 spiro atoms. The van der Waals surface area contributed by atoms with Crippen LogP contribution in [0, 0.1) is 12.3 Å². The Bertz CT molecular complexity index is 618. The number of nitrogens with one attached hydrogen (secondary N) is 1. The molecule has 22 heavy (non-hydrogen) atoms. The van der Waals surface area contributed by atoms with Gasteiger partial charge in [0.05, 0.1) is 12.4 Å². The van der Waals surface area contributed by atoms with Gasteiger partial charge in [0.1, 0.15) is 0 Å². The van der Waals surface area contributed by atoms with Crippen molar-refractivity contribution in [3.05, 3.63) is 59.5 Å². The number of aliphatic hydroxyl groups excluding tert-OH is 1. The van der Waals surface area contributed by atoms with Crippen LogP contribution in [0.3, 0.4) is 0 Å². The number of carbonyl (C=O) groups excluding carboxylic acids is 1. The van der Waals surface area contributed by atoms with Crippen molar-refractivity contribution in [1.29, 1.82) is 0 Å². The number of hydrogen-bond acceptors (Lipinski definition) is 3. The van der Waals surface area contributed by atoms with Gasteiger partial charge in [-0.05, 0) is 31.9 Å². The van der Waals surface area contributed by atoms with E-state index in [2.05, 4.69) is 5.32 Å². The molecule has 0 saturated carbocycles. The lowest BCUT2D eigenvalue weighted by atomic mass is 9.79. The summed E-state index contributed by atoms with van der Waals surface area (Å²) in [4.78, 5) is 12.2. The smallest absolute Gasteiger partial charge is 0.287 e. The number of carbonyl (C=O) groups is 1. The van der Waals surface area contributed by atoms with Crippen LogP contribution in [0.15, 0.2) is 47.1 Å². The van der Waals surface area contributed by atoms with Crippen LogP contribution in [0.4, 0.5) is 0 Å². The van der Waals surface area contributed by atoms with Crippen molar-refractivity contribution in [3.63, 3.8) is 0 Å². The summed E-state index contributed by atoms with van der Waals surface area (Å²) in [6.07, 6.45) is 1.64. The standard InChI is InChI=1S/C18H23NO3/c1-13-9-10-22-16(13)17(21)19-12-18(3,14(2)20)11-15-7-5-4-6-8-15/h4-10,14,20H,11-12H2,1-3H3,(H,19,21)/t14-,18+/m0/s1. The zero-order valence-corrected chi connectivity index (χ0v) is 13.3. The van der Waals surface area contributed by atoms with E-state index in [1.165, 1.54) is 6.26 Å². The zero-order chi connectivity index (χ0) is 16.2. The van der Waals surface area contributed by atoms with E-state index in [-0.39, 0.29) is 5.91 Å². The SMILES string of the molecule is Cc1ccoc1C(=O)NC[C@@](C)(Cc1ccccc1)[C@H](C)O. The molecule has 0 fully saturated rings. The highest BCUT2D eigenvalue weighted by atomic mass is 16.3. The molecule has 0 unspecified atom stereocenters. The summed E-state index contributed by atoms with van der Waals surface area (Å²) in [5.74, 6) is 0.0788. The first-order valence-electron chi connectivity index (χ1n) is 7.47. The maximum atomic E-state index is 12.2. The van der Waals surface area contributed by atoms with Crippen LogP contribution < -0.4 is 5.32 Å². The summed E-state index contributed by atoms with van der Waals surface area (Å²) in [7, 11) is 0. The van der Waals surface area contributed by atoms with Crippen molar-refractivity contribution in [3.8, 4) is 0 Å². The molecule has 2 atom stereocenters. The van der Waals surface area contributed by atoms with E-state index in [1.807, 2.05) is 44.2 Å². The minimum Gasteiger partial charge on any atom is -0.459 e. The molecule has 4 heteroatoms. The highest BCUT2D eigenvalue weighted by Gasteiger charge is 2.31. The molecule has 1 aromatic carbocycles. The number of aryl methyl sites for hydroxylation is 1. The van der Waals surface area contributed by atoms with Crippen molar-refractivity contribution >= 4 is 5.91 Å². The van der Waals surface area contributed by atoms with Crippen molar-refractivity contribution in [2.75, 3.05) is 6.54 Å². The minimum atomic E-state index is -0.550. The fourth-order valence-corrected chi connectivity index (χ4v) is 2.39. The Hall–Kier alpha value is -2.07. The topological polar surface area (TPSA) is 62.5 Å². The van der Waals surface area contributed by atoms with E-state index < -0.39 is 11.5 Å². The summed E-state index contributed by atoms with van der Waals surface area (Å²) < 4.78 is 5.20. The average molecular weight is 301 g/mol. The minimum absolute atomic E-state index is 0.248. The Balaban J connectivity index is 2.05. The maximum Gasteiger partial charge on any atom is 0.287 e. The van der Waals surface area contributed by atoms with E-state index >= 15 is 0 Å². The third kappa shape index (κ3) is 3.77. The lowest BCUT2D eigenvalue weighted by molar-refractivity contribution is 0.0495. The van der Waals surface area contributed by atoms with Crippen molar-refractivity contribution < 1.29 is 14.3 Å². The molecule has 4 nitrogen and oxygen atoms in total. The van der Waals surface area contributed by atoms with Gasteiger partial charge < -0.3 is 14.8 Å². The van der Waals surface area contributed by atoms with Gasteiger partial charge in [0.25, 0.3) is 5.91 Å². The van der Waals surface area contributed by atoms with E-state index in [0.29, 0.717) is 18.7 Å². The summed E-state index contributed by atoms with van der Waals surface area (Å²) in [5.41, 5.74) is 1.49. The fraction of sp³-hybridized carbons (Fsp3) is 0.389. The Kier molecular flexibility index (Phi) is 5.03. The molecule has 2 aromatic rings. The Morgan fingerprint density at radius 2 is 2.00 bits per heavy atom. The van der Waals surface area contributed by atoms with Crippen molar-refractivity contribution in [2.45, 2.75) is 33.3 Å². The summed E-state index contributed by atoms with van der Waals surface area (Å²) in [6, 6.07) is 11.7. The first-order chi connectivity index (χ1) is 10.4. The number of hydrogen-bond donors (Lipinski definition) is 2. The lowest BCUT2D eigenvalue weighted by Crippen LogP contribution is -2.43. The van der Waals surface area contributed by atoms with Gasteiger partial charge in [-0.2, -0.15) is 0 Å². The molecule has 1 amide bonds. The average Bonchev–Trinajstić information content (AvgIpc) is 2.92. The molecule has 0 aliphatic heterocycles. The first kappa shape index (κ1) is 16.3. The summed E-state index contributed by atoms with van der Waals surface area (Å²) in [5, 5.41) is 13.0. The molecule has 0 radical (unpaired) electrons. The summed E-state index contributed by atoms with van der Waals surface area (Å²) >= 11 is 0. The monoisotopic (exact) mass is 301 g/mol. The second kappa shape index (κ2) is 6.79. The molecule has 0 saturated heterocycles. The second-order valence-electron chi connectivity index (χ2n) is 6.11. The third-order valence-electron chi connectivity index (χ3n) is 4.18. The quantitative estimate of drug-likeness (QED) is 0.862. The van der Waals surface area contributed by atoms with Crippen LogP contribution in [0.25, 0.3) is 0 Å². The van der Waals surface area contributed by atoms with Crippen LogP contribution in [0.1, 0.15) is 35.5 Å². The highest BCUT2D eigenvalue weighted by Crippen LogP contribution is 2.26. The molecular weight excluding hydrogens is 278 g/mol. The van der Waals surface area contributed by atoms with E-state index in [4.69, 9.17) is 4.42 Å². The van der Waals surface area contributed by atoms with Gasteiger partial charge in [0, 0.05) is 17.5 Å². The van der Waals surface area contributed by atoms with Crippen molar-refractivity contribution in [1.82, 2.24) is 5.32 Å². The maximum absolute atomic E-state index is 12.2. The third-order valence-corrected chi connectivity index (χ3v) is 4.18. The molecular formula is C18H23NO3. The van der Waals surface area contributed by atoms with Gasteiger partial charge in [-0.1, -0.05) is 37.3 Å². The normalized spacial score (nSPS) is 15.1. The predicted octanol–water partition coefficient (Wildman–Crippen LogP) is 2.95. The molecule has 0 bridgehead atoms. The number of amides is 1. The first-order valence-corrected chi connectivity index (χ1v) is 7.47. The Labute approximate surface area is 131 Å². The van der Waals surface area contributed by atoms with E-state index in [9.17, 15) is 9.90 Å². The number of benzene rings is 1. The second-order valence-corrected chi connectivity index (χ2v) is 6.11. The largest absolute Gasteiger partial charge is 0.459 e. The van der Waals surface area contributed by atoms with Crippen LogP contribution in [-0.4, -0.2) is 23.7 Å². The molecule has 118 valence electrons. The van der Waals surface area contributed by atoms with Crippen LogP contribution in [0.5, 0.6) is 0 Å². The fourth-order valence-electron chi connectivity index (χ4n) is 2.39. The van der Waals surface area contributed by atoms with Crippen LogP contribution in [0.2, 0.25) is 0 Å². The van der Waals surface area contributed by atoms with Gasteiger partial charge >= 0.3 is 0 Å². The Morgan fingerprint density at radius 1 is 1.32 bits per heavy atom. The molecule has 0 aliphatic rings. The molecule has 1 aromatic heterocycles. The van der Waals surface area contributed by atoms with Crippen LogP contribution in [-0.2, 0) is 6.42 Å². The molecule has 0 aliphatic carbocycles. The lowest BCUT2D eigenvalue weighted by Gasteiger charge is -2.33. The highest BCUT2D eigenvalue weighted by molar-refractivity contribution is 5.92. The molecule has 2 rings (SSSR count). The molecule has 2 N–H and O–H groups in total. The van der Waals surface area contributed by atoms with Crippen LogP contribution >= 0.6 is 0 Å². The number of furan rings is 1. The van der Waals surface area contributed by atoms with Gasteiger partial charge in [-0.25, -0.2) is 0 Å². The number of aliphatic hydroxyl groups is 1. The predicted molar refractivity (Wildman–Crippen MR) is 85.7 cm³/mol. The van der Waals surface area contributed by atoms with Crippen molar-refractivity contribution in [2.24, 2.45) is 5.41 Å². The molecule has 1 heterocycles. The van der Waals surface area contributed by atoms with Gasteiger partial charge in [-0.3, -0.25) is 4.79 Å². The van der Waals surface area contributed by atoms with E-state index in [1.54, 1.807) is 13.0 Å². The zero-order valence-electron chi connectivity index (χ0n) is 13.3. The Morgan fingerprint density at radius 3 is 2.55 bits per heavy atom. The summed E-state index contributed by atoms with van der Waals surface area (Å²) in [6.45, 7) is 5.93.